The second-order valence-electron chi connectivity index (χ2n) is 6.84. The van der Waals surface area contributed by atoms with Crippen molar-refractivity contribution in [3.63, 3.8) is 0 Å². The van der Waals surface area contributed by atoms with E-state index in [0.29, 0.717) is 29.4 Å². The van der Waals surface area contributed by atoms with Gasteiger partial charge in [-0.2, -0.15) is 5.26 Å². The topological polar surface area (TPSA) is 108 Å². The van der Waals surface area contributed by atoms with Gasteiger partial charge in [-0.1, -0.05) is 26.0 Å². The summed E-state index contributed by atoms with van der Waals surface area (Å²) in [6, 6.07) is 15.7. The van der Waals surface area contributed by atoms with Gasteiger partial charge in [0.25, 0.3) is 0 Å². The van der Waals surface area contributed by atoms with Gasteiger partial charge in [-0.3, -0.25) is 0 Å². The van der Waals surface area contributed by atoms with Crippen LogP contribution in [-0.4, -0.2) is 34.3 Å². The summed E-state index contributed by atoms with van der Waals surface area (Å²) < 4.78 is 10.7. The summed E-state index contributed by atoms with van der Waals surface area (Å²) in [7, 11) is 0. The lowest BCUT2D eigenvalue weighted by molar-refractivity contribution is 0.0502. The minimum Gasteiger partial charge on any atom is -0.507 e. The van der Waals surface area contributed by atoms with Crippen molar-refractivity contribution in [2.45, 2.75) is 13.8 Å². The summed E-state index contributed by atoms with van der Waals surface area (Å²) in [5.41, 5.74) is 1.64. The smallest absolute Gasteiger partial charge is 0.338 e. The van der Waals surface area contributed by atoms with Crippen LogP contribution in [0.3, 0.4) is 0 Å². The predicted octanol–water partition coefficient (Wildman–Crippen LogP) is 4.25. The van der Waals surface area contributed by atoms with Crippen LogP contribution < -0.4 is 4.74 Å². The number of aromatic nitrogens is 2. The highest BCUT2D eigenvalue weighted by atomic mass is 16.5. The van der Waals surface area contributed by atoms with Gasteiger partial charge < -0.3 is 19.6 Å². The molecule has 2 N–H and O–H groups in total. The van der Waals surface area contributed by atoms with E-state index in [-0.39, 0.29) is 17.2 Å². The standard InChI is InChI=1S/C22H21N3O4/c1-14(2)12-28-16-9-7-15(8-10-16)22(27)29-13-20(26)17(11-23)21-24-18-5-3-4-6-19(18)25-21/h3-10,14,26H,12-13H2,1-2H3,(H,24,25)/b20-17-. The number of nitriles is 1. The van der Waals surface area contributed by atoms with E-state index in [9.17, 15) is 15.2 Å². The molecule has 0 amide bonds. The van der Waals surface area contributed by atoms with Gasteiger partial charge >= 0.3 is 5.97 Å². The van der Waals surface area contributed by atoms with Crippen molar-refractivity contribution >= 4 is 22.6 Å². The molecule has 29 heavy (non-hydrogen) atoms. The normalized spacial score (nSPS) is 11.8. The number of nitrogens with zero attached hydrogens (tertiary/aromatic N) is 2. The number of esters is 1. The molecule has 1 heterocycles. The number of ether oxygens (including phenoxy) is 2. The number of hydrogen-bond donors (Lipinski definition) is 2. The highest BCUT2D eigenvalue weighted by molar-refractivity contribution is 5.90. The second-order valence-corrected chi connectivity index (χ2v) is 6.84. The van der Waals surface area contributed by atoms with Crippen LogP contribution >= 0.6 is 0 Å². The number of H-pyrrole nitrogens is 1. The lowest BCUT2D eigenvalue weighted by atomic mass is 10.2. The van der Waals surface area contributed by atoms with Gasteiger partial charge in [-0.25, -0.2) is 9.78 Å². The zero-order chi connectivity index (χ0) is 20.8. The number of aromatic amines is 1. The highest BCUT2D eigenvalue weighted by Gasteiger charge is 2.15. The first-order valence-electron chi connectivity index (χ1n) is 9.15. The van der Waals surface area contributed by atoms with E-state index in [2.05, 4.69) is 9.97 Å². The Morgan fingerprint density at radius 2 is 1.93 bits per heavy atom. The average molecular weight is 391 g/mol. The molecule has 0 saturated carbocycles. The van der Waals surface area contributed by atoms with Gasteiger partial charge in [0.15, 0.2) is 11.6 Å². The van der Waals surface area contributed by atoms with Crippen molar-refractivity contribution in [2.75, 3.05) is 13.2 Å². The van der Waals surface area contributed by atoms with Crippen molar-refractivity contribution in [1.29, 1.82) is 5.26 Å². The molecule has 0 atom stereocenters. The Bertz CT molecular complexity index is 1040. The number of hydrogen-bond acceptors (Lipinski definition) is 6. The van der Waals surface area contributed by atoms with Gasteiger partial charge in [0.05, 0.1) is 23.2 Å². The number of imidazole rings is 1. The summed E-state index contributed by atoms with van der Waals surface area (Å²) in [4.78, 5) is 19.5. The third kappa shape index (κ3) is 4.93. The molecular weight excluding hydrogens is 370 g/mol. The number of nitrogens with one attached hydrogen (secondary N) is 1. The van der Waals surface area contributed by atoms with Gasteiger partial charge in [-0.05, 0) is 42.3 Å². The molecule has 0 bridgehead atoms. The van der Waals surface area contributed by atoms with Crippen LogP contribution in [0.25, 0.3) is 16.6 Å². The van der Waals surface area contributed by atoms with Crippen molar-refractivity contribution in [3.05, 3.63) is 65.7 Å². The number of benzene rings is 2. The summed E-state index contributed by atoms with van der Waals surface area (Å²) in [6.07, 6.45) is 0. The molecule has 148 valence electrons. The maximum absolute atomic E-state index is 12.2. The first-order chi connectivity index (χ1) is 14.0. The molecule has 0 aliphatic rings. The van der Waals surface area contributed by atoms with Crippen LogP contribution in [0.15, 0.2) is 54.3 Å². The quantitative estimate of drug-likeness (QED) is 0.354. The summed E-state index contributed by atoms with van der Waals surface area (Å²) >= 11 is 0. The van der Waals surface area contributed by atoms with Crippen LogP contribution in [-0.2, 0) is 4.74 Å². The highest BCUT2D eigenvalue weighted by Crippen LogP contribution is 2.19. The number of carbonyl (C=O) groups excluding carboxylic acids is 1. The van der Waals surface area contributed by atoms with E-state index in [4.69, 9.17) is 9.47 Å². The number of fused-ring (bicyclic) bond motifs is 1. The number of aliphatic hydroxyl groups is 1. The molecule has 7 heteroatoms. The van der Waals surface area contributed by atoms with Crippen LogP contribution in [0.1, 0.15) is 30.0 Å². The monoisotopic (exact) mass is 391 g/mol. The molecule has 3 aromatic rings. The fourth-order valence-corrected chi connectivity index (χ4v) is 2.56. The fraction of sp³-hybridized carbons (Fsp3) is 0.227. The molecule has 0 saturated heterocycles. The number of rotatable bonds is 7. The Morgan fingerprint density at radius 1 is 1.21 bits per heavy atom. The van der Waals surface area contributed by atoms with Gasteiger partial charge in [-0.15, -0.1) is 0 Å². The molecule has 1 aromatic heterocycles. The molecule has 0 spiro atoms. The number of aliphatic hydroxyl groups excluding tert-OH is 1. The summed E-state index contributed by atoms with van der Waals surface area (Å²) in [5, 5.41) is 19.6. The van der Waals surface area contributed by atoms with Crippen molar-refractivity contribution in [1.82, 2.24) is 9.97 Å². The lowest BCUT2D eigenvalue weighted by Gasteiger charge is -2.09. The molecule has 2 aromatic carbocycles. The lowest BCUT2D eigenvalue weighted by Crippen LogP contribution is -2.09. The van der Waals surface area contributed by atoms with Crippen LogP contribution in [0, 0.1) is 17.2 Å². The van der Waals surface area contributed by atoms with E-state index in [1.54, 1.807) is 30.3 Å². The SMILES string of the molecule is CC(C)COc1ccc(C(=O)OC/C(O)=C(\C#N)c2nc3ccccc3[nH]2)cc1. The van der Waals surface area contributed by atoms with Crippen LogP contribution in [0.4, 0.5) is 0 Å². The second kappa shape index (κ2) is 8.93. The van der Waals surface area contributed by atoms with Crippen LogP contribution in [0.5, 0.6) is 5.75 Å². The number of carbonyl (C=O) groups is 1. The first-order valence-corrected chi connectivity index (χ1v) is 9.15. The van der Waals surface area contributed by atoms with Gasteiger partial charge in [0.2, 0.25) is 0 Å². The third-order valence-electron chi connectivity index (χ3n) is 4.04. The molecule has 3 rings (SSSR count). The zero-order valence-electron chi connectivity index (χ0n) is 16.2. The molecule has 7 nitrogen and oxygen atoms in total. The Morgan fingerprint density at radius 3 is 2.59 bits per heavy atom. The van der Waals surface area contributed by atoms with Crippen molar-refractivity contribution < 1.29 is 19.4 Å². The van der Waals surface area contributed by atoms with E-state index in [1.807, 2.05) is 38.1 Å². The summed E-state index contributed by atoms with van der Waals surface area (Å²) in [6.45, 7) is 4.24. The van der Waals surface area contributed by atoms with E-state index in [0.717, 1.165) is 5.52 Å². The molecular formula is C22H21N3O4. The maximum atomic E-state index is 12.2. The molecule has 0 aliphatic heterocycles. The Hall–Kier alpha value is -3.79. The van der Waals surface area contributed by atoms with E-state index in [1.165, 1.54) is 0 Å². The third-order valence-corrected chi connectivity index (χ3v) is 4.04. The number of para-hydroxylation sites is 2. The first kappa shape index (κ1) is 20.0. The van der Waals surface area contributed by atoms with E-state index < -0.39 is 12.6 Å². The van der Waals surface area contributed by atoms with Gasteiger partial charge in [0.1, 0.15) is 24.0 Å². The molecule has 0 unspecified atom stereocenters. The minimum atomic E-state index is -0.617. The van der Waals surface area contributed by atoms with Gasteiger partial charge in [0, 0.05) is 0 Å². The Kier molecular flexibility index (Phi) is 6.15. The zero-order valence-corrected chi connectivity index (χ0v) is 16.2. The molecule has 0 fully saturated rings. The van der Waals surface area contributed by atoms with Crippen molar-refractivity contribution in [3.8, 4) is 11.8 Å². The van der Waals surface area contributed by atoms with Crippen LogP contribution in [0.2, 0.25) is 0 Å². The molecule has 0 radical (unpaired) electrons. The number of allylic oxidation sites excluding steroid dienone is 1. The van der Waals surface area contributed by atoms with E-state index >= 15 is 0 Å². The largest absolute Gasteiger partial charge is 0.507 e. The summed E-state index contributed by atoms with van der Waals surface area (Å²) in [5.74, 6) is 0.282. The minimum absolute atomic E-state index is 0.0774. The molecule has 0 aliphatic carbocycles. The fourth-order valence-electron chi connectivity index (χ4n) is 2.56. The van der Waals surface area contributed by atoms with Crippen molar-refractivity contribution in [2.24, 2.45) is 5.92 Å². The predicted molar refractivity (Wildman–Crippen MR) is 108 cm³/mol. The Labute approximate surface area is 168 Å². The average Bonchev–Trinajstić information content (AvgIpc) is 3.15. The Balaban J connectivity index is 1.67. The maximum Gasteiger partial charge on any atom is 0.338 e.